The summed E-state index contributed by atoms with van der Waals surface area (Å²) in [5, 5.41) is 2.18. The molecule has 3 heteroatoms. The standard InChI is InChI=1S/C22H22N2O/c1-13-10-16(22(3,4)5)11-15-12-23-21(24-19(13)15)20-14(2)17-8-6-7-9-18(17)25-20/h6-12H,1-5H3. The van der Waals surface area contributed by atoms with Gasteiger partial charge in [-0.15, -0.1) is 0 Å². The number of hydrogen-bond acceptors (Lipinski definition) is 3. The molecule has 126 valence electrons. The monoisotopic (exact) mass is 330 g/mol. The first kappa shape index (κ1) is 15.8. The number of rotatable bonds is 1. The summed E-state index contributed by atoms with van der Waals surface area (Å²) in [6, 6.07) is 12.5. The Labute approximate surface area is 147 Å². The number of furan rings is 1. The second-order valence-corrected chi connectivity index (χ2v) is 7.73. The minimum absolute atomic E-state index is 0.104. The fraction of sp³-hybridized carbons (Fsp3) is 0.273. The normalized spacial score (nSPS) is 12.2. The summed E-state index contributed by atoms with van der Waals surface area (Å²) >= 11 is 0. The van der Waals surface area contributed by atoms with E-state index in [1.165, 1.54) is 11.1 Å². The molecule has 0 atom stereocenters. The van der Waals surface area contributed by atoms with Gasteiger partial charge in [-0.05, 0) is 42.5 Å². The number of benzene rings is 2. The van der Waals surface area contributed by atoms with E-state index in [9.17, 15) is 0 Å². The molecule has 0 bridgehead atoms. The SMILES string of the molecule is Cc1c(-c2ncc3cc(C(C)(C)C)cc(C)c3n2)oc2ccccc12. The minimum Gasteiger partial charge on any atom is -0.452 e. The number of aryl methyl sites for hydroxylation is 2. The molecule has 0 aliphatic carbocycles. The molecule has 0 saturated heterocycles. The summed E-state index contributed by atoms with van der Waals surface area (Å²) in [4.78, 5) is 9.41. The van der Waals surface area contributed by atoms with Gasteiger partial charge in [0.05, 0.1) is 5.52 Å². The smallest absolute Gasteiger partial charge is 0.196 e. The van der Waals surface area contributed by atoms with Crippen molar-refractivity contribution >= 4 is 21.9 Å². The van der Waals surface area contributed by atoms with Crippen molar-refractivity contribution in [1.82, 2.24) is 9.97 Å². The topological polar surface area (TPSA) is 38.9 Å². The Morgan fingerprint density at radius 2 is 1.76 bits per heavy atom. The molecule has 0 fully saturated rings. The Bertz CT molecular complexity index is 1100. The Balaban J connectivity index is 1.91. The Morgan fingerprint density at radius 1 is 1.00 bits per heavy atom. The van der Waals surface area contributed by atoms with Gasteiger partial charge in [0.2, 0.25) is 0 Å². The van der Waals surface area contributed by atoms with Crippen LogP contribution >= 0.6 is 0 Å². The lowest BCUT2D eigenvalue weighted by Crippen LogP contribution is -2.11. The van der Waals surface area contributed by atoms with Crippen molar-refractivity contribution in [1.29, 1.82) is 0 Å². The first-order chi connectivity index (χ1) is 11.8. The van der Waals surface area contributed by atoms with Crippen molar-refractivity contribution in [3.05, 3.63) is 59.3 Å². The highest BCUT2D eigenvalue weighted by molar-refractivity contribution is 5.88. The largest absolute Gasteiger partial charge is 0.452 e. The second-order valence-electron chi connectivity index (χ2n) is 7.73. The van der Waals surface area contributed by atoms with Gasteiger partial charge in [-0.1, -0.05) is 45.0 Å². The average Bonchev–Trinajstić information content (AvgIpc) is 2.91. The van der Waals surface area contributed by atoms with Gasteiger partial charge in [0.15, 0.2) is 11.6 Å². The van der Waals surface area contributed by atoms with Crippen molar-refractivity contribution < 1.29 is 4.42 Å². The lowest BCUT2D eigenvalue weighted by atomic mass is 9.85. The molecule has 0 radical (unpaired) electrons. The molecule has 0 aliphatic heterocycles. The summed E-state index contributed by atoms with van der Waals surface area (Å²) in [7, 11) is 0. The lowest BCUT2D eigenvalue weighted by molar-refractivity contribution is 0.590. The molecule has 0 amide bonds. The molecule has 4 aromatic rings. The van der Waals surface area contributed by atoms with Gasteiger partial charge in [0.25, 0.3) is 0 Å². The first-order valence-electron chi connectivity index (χ1n) is 8.61. The molecule has 2 aromatic carbocycles. The fourth-order valence-corrected chi connectivity index (χ4v) is 3.25. The summed E-state index contributed by atoms with van der Waals surface area (Å²) in [5.41, 5.74) is 5.51. The van der Waals surface area contributed by atoms with E-state index < -0.39 is 0 Å². The van der Waals surface area contributed by atoms with Crippen LogP contribution in [0.4, 0.5) is 0 Å². The van der Waals surface area contributed by atoms with E-state index in [1.54, 1.807) is 0 Å². The molecule has 0 unspecified atom stereocenters. The molecular weight excluding hydrogens is 308 g/mol. The van der Waals surface area contributed by atoms with Crippen LogP contribution in [0.5, 0.6) is 0 Å². The van der Waals surface area contributed by atoms with Gasteiger partial charge in [0.1, 0.15) is 5.58 Å². The van der Waals surface area contributed by atoms with E-state index in [2.05, 4.69) is 57.8 Å². The van der Waals surface area contributed by atoms with E-state index in [-0.39, 0.29) is 5.41 Å². The molecule has 4 rings (SSSR count). The lowest BCUT2D eigenvalue weighted by Gasteiger charge is -2.20. The average molecular weight is 330 g/mol. The number of fused-ring (bicyclic) bond motifs is 2. The maximum atomic E-state index is 6.03. The zero-order chi connectivity index (χ0) is 17.8. The van der Waals surface area contributed by atoms with Crippen molar-refractivity contribution in [2.24, 2.45) is 0 Å². The number of hydrogen-bond donors (Lipinski definition) is 0. The summed E-state index contributed by atoms with van der Waals surface area (Å²) in [5.74, 6) is 1.40. The maximum Gasteiger partial charge on any atom is 0.196 e. The third kappa shape index (κ3) is 2.60. The fourth-order valence-electron chi connectivity index (χ4n) is 3.25. The van der Waals surface area contributed by atoms with Crippen molar-refractivity contribution in [3.8, 4) is 11.6 Å². The van der Waals surface area contributed by atoms with Crippen LogP contribution in [0, 0.1) is 13.8 Å². The van der Waals surface area contributed by atoms with Gasteiger partial charge in [0, 0.05) is 22.5 Å². The number of para-hydroxylation sites is 1. The molecule has 25 heavy (non-hydrogen) atoms. The molecule has 0 N–H and O–H groups in total. The van der Waals surface area contributed by atoms with Crippen LogP contribution in [0.1, 0.15) is 37.5 Å². The Kier molecular flexibility index (Phi) is 3.43. The number of nitrogens with zero attached hydrogens (tertiary/aromatic N) is 2. The maximum absolute atomic E-state index is 6.03. The van der Waals surface area contributed by atoms with Crippen LogP contribution in [0.3, 0.4) is 0 Å². The first-order valence-corrected chi connectivity index (χ1v) is 8.61. The highest BCUT2D eigenvalue weighted by Gasteiger charge is 2.18. The zero-order valence-corrected chi connectivity index (χ0v) is 15.3. The summed E-state index contributed by atoms with van der Waals surface area (Å²) < 4.78 is 6.03. The zero-order valence-electron chi connectivity index (χ0n) is 15.3. The molecule has 3 nitrogen and oxygen atoms in total. The molecule has 0 saturated carbocycles. The van der Waals surface area contributed by atoms with Crippen LogP contribution in [0.2, 0.25) is 0 Å². The molecular formula is C22H22N2O. The quantitative estimate of drug-likeness (QED) is 0.432. The molecule has 0 spiro atoms. The minimum atomic E-state index is 0.104. The highest BCUT2D eigenvalue weighted by Crippen LogP contribution is 2.33. The Morgan fingerprint density at radius 3 is 2.48 bits per heavy atom. The van der Waals surface area contributed by atoms with Crippen molar-refractivity contribution in [2.75, 3.05) is 0 Å². The third-order valence-electron chi connectivity index (χ3n) is 4.79. The van der Waals surface area contributed by atoms with Crippen molar-refractivity contribution in [2.45, 2.75) is 40.0 Å². The van der Waals surface area contributed by atoms with E-state index in [1.807, 2.05) is 24.4 Å². The molecule has 2 heterocycles. The summed E-state index contributed by atoms with van der Waals surface area (Å²) in [6.07, 6.45) is 1.91. The molecule has 0 aliphatic rings. The summed E-state index contributed by atoms with van der Waals surface area (Å²) in [6.45, 7) is 10.8. The van der Waals surface area contributed by atoms with Crippen LogP contribution in [-0.4, -0.2) is 9.97 Å². The van der Waals surface area contributed by atoms with Crippen LogP contribution in [-0.2, 0) is 5.41 Å². The van der Waals surface area contributed by atoms with Crippen LogP contribution in [0.15, 0.2) is 47.0 Å². The van der Waals surface area contributed by atoms with Crippen LogP contribution < -0.4 is 0 Å². The Hall–Kier alpha value is -2.68. The van der Waals surface area contributed by atoms with E-state index in [4.69, 9.17) is 9.40 Å². The highest BCUT2D eigenvalue weighted by atomic mass is 16.3. The predicted octanol–water partition coefficient (Wildman–Crippen LogP) is 5.96. The van der Waals surface area contributed by atoms with Gasteiger partial charge in [-0.2, -0.15) is 0 Å². The third-order valence-corrected chi connectivity index (χ3v) is 4.79. The van der Waals surface area contributed by atoms with E-state index in [0.29, 0.717) is 5.82 Å². The number of aromatic nitrogens is 2. The van der Waals surface area contributed by atoms with Crippen LogP contribution in [0.25, 0.3) is 33.5 Å². The second kappa shape index (κ2) is 5.41. The molecule has 2 aromatic heterocycles. The van der Waals surface area contributed by atoms with E-state index in [0.717, 1.165) is 33.2 Å². The van der Waals surface area contributed by atoms with E-state index >= 15 is 0 Å². The van der Waals surface area contributed by atoms with Gasteiger partial charge in [-0.25, -0.2) is 9.97 Å². The van der Waals surface area contributed by atoms with Gasteiger partial charge >= 0.3 is 0 Å². The predicted molar refractivity (Wildman–Crippen MR) is 103 cm³/mol. The van der Waals surface area contributed by atoms with Gasteiger partial charge < -0.3 is 4.42 Å². The van der Waals surface area contributed by atoms with Crippen molar-refractivity contribution in [3.63, 3.8) is 0 Å². The van der Waals surface area contributed by atoms with Gasteiger partial charge in [-0.3, -0.25) is 0 Å².